The minimum absolute atomic E-state index is 0.136. The SMILES string of the molecule is Cc1cc(C(Cl)c2csc3ccccc23)co1. The zero-order valence-electron chi connectivity index (χ0n) is 9.31. The number of hydrogen-bond donors (Lipinski definition) is 0. The lowest BCUT2D eigenvalue weighted by atomic mass is 10.1. The molecule has 0 saturated carbocycles. The molecule has 0 aliphatic carbocycles. The van der Waals surface area contributed by atoms with Crippen LogP contribution in [0.2, 0.25) is 0 Å². The maximum absolute atomic E-state index is 6.51. The Balaban J connectivity index is 2.09. The third-order valence-electron chi connectivity index (χ3n) is 2.83. The number of thiophene rings is 1. The van der Waals surface area contributed by atoms with E-state index in [-0.39, 0.29) is 5.38 Å². The van der Waals surface area contributed by atoms with Crippen molar-refractivity contribution in [1.29, 1.82) is 0 Å². The van der Waals surface area contributed by atoms with Gasteiger partial charge in [0.05, 0.1) is 11.6 Å². The molecule has 3 aromatic rings. The van der Waals surface area contributed by atoms with Crippen molar-refractivity contribution in [3.63, 3.8) is 0 Å². The second-order valence-corrected chi connectivity index (χ2v) is 5.39. The molecule has 3 heteroatoms. The summed E-state index contributed by atoms with van der Waals surface area (Å²) in [5.41, 5.74) is 2.18. The number of fused-ring (bicyclic) bond motifs is 1. The van der Waals surface area contributed by atoms with Crippen LogP contribution in [-0.2, 0) is 0 Å². The summed E-state index contributed by atoms with van der Waals surface area (Å²) in [4.78, 5) is 0. The van der Waals surface area contributed by atoms with Crippen LogP contribution in [-0.4, -0.2) is 0 Å². The first kappa shape index (κ1) is 10.9. The second-order valence-electron chi connectivity index (χ2n) is 4.04. The lowest BCUT2D eigenvalue weighted by molar-refractivity contribution is 0.532. The van der Waals surface area contributed by atoms with Gasteiger partial charge in [-0.3, -0.25) is 0 Å². The summed E-state index contributed by atoms with van der Waals surface area (Å²) < 4.78 is 6.59. The number of furan rings is 1. The van der Waals surface area contributed by atoms with E-state index in [9.17, 15) is 0 Å². The number of halogens is 1. The maximum atomic E-state index is 6.51. The lowest BCUT2D eigenvalue weighted by Crippen LogP contribution is -1.89. The standard InChI is InChI=1S/C14H11ClOS/c1-9-6-10(7-16-9)14(15)12-8-17-13-5-3-2-4-11(12)13/h2-8,14H,1H3. The summed E-state index contributed by atoms with van der Waals surface area (Å²) in [6.07, 6.45) is 1.74. The van der Waals surface area contributed by atoms with Crippen molar-refractivity contribution < 1.29 is 4.42 Å². The molecule has 1 atom stereocenters. The molecular formula is C14H11ClOS. The highest BCUT2D eigenvalue weighted by Crippen LogP contribution is 2.37. The van der Waals surface area contributed by atoms with Crippen molar-refractivity contribution in [3.8, 4) is 0 Å². The Hall–Kier alpha value is -1.25. The Morgan fingerprint density at radius 1 is 1.29 bits per heavy atom. The van der Waals surface area contributed by atoms with Crippen molar-refractivity contribution in [1.82, 2.24) is 0 Å². The molecule has 0 radical (unpaired) electrons. The third kappa shape index (κ3) is 1.88. The predicted octanol–water partition coefficient (Wildman–Crippen LogP) is 5.13. The van der Waals surface area contributed by atoms with Gasteiger partial charge in [-0.1, -0.05) is 18.2 Å². The van der Waals surface area contributed by atoms with Crippen molar-refractivity contribution in [3.05, 3.63) is 58.9 Å². The Morgan fingerprint density at radius 3 is 2.88 bits per heavy atom. The van der Waals surface area contributed by atoms with Crippen molar-refractivity contribution in [2.75, 3.05) is 0 Å². The van der Waals surface area contributed by atoms with E-state index in [4.69, 9.17) is 16.0 Å². The monoisotopic (exact) mass is 262 g/mol. The molecule has 2 aromatic heterocycles. The molecule has 0 N–H and O–H groups in total. The van der Waals surface area contributed by atoms with Crippen LogP contribution in [0.3, 0.4) is 0 Å². The van der Waals surface area contributed by atoms with E-state index in [0.29, 0.717) is 0 Å². The number of alkyl halides is 1. The molecule has 0 fully saturated rings. The Kier molecular flexibility index (Phi) is 2.69. The first-order valence-electron chi connectivity index (χ1n) is 5.41. The van der Waals surface area contributed by atoms with Gasteiger partial charge in [-0.2, -0.15) is 0 Å². The summed E-state index contributed by atoms with van der Waals surface area (Å²) >= 11 is 8.24. The fraction of sp³-hybridized carbons (Fsp3) is 0.143. The Labute approximate surface area is 109 Å². The molecule has 0 aliphatic heterocycles. The quantitative estimate of drug-likeness (QED) is 0.584. The van der Waals surface area contributed by atoms with E-state index >= 15 is 0 Å². The summed E-state index contributed by atoms with van der Waals surface area (Å²) in [6, 6.07) is 10.3. The summed E-state index contributed by atoms with van der Waals surface area (Å²) in [7, 11) is 0. The molecule has 2 heterocycles. The fourth-order valence-electron chi connectivity index (χ4n) is 1.97. The zero-order chi connectivity index (χ0) is 11.8. The van der Waals surface area contributed by atoms with Crippen LogP contribution in [0.5, 0.6) is 0 Å². The van der Waals surface area contributed by atoms with Crippen LogP contribution in [0, 0.1) is 6.92 Å². The molecule has 86 valence electrons. The zero-order valence-corrected chi connectivity index (χ0v) is 10.9. The van der Waals surface area contributed by atoms with Crippen LogP contribution in [0.1, 0.15) is 22.3 Å². The number of benzene rings is 1. The molecule has 1 aromatic carbocycles. The topological polar surface area (TPSA) is 13.1 Å². The Morgan fingerprint density at radius 2 is 2.12 bits per heavy atom. The number of hydrogen-bond acceptors (Lipinski definition) is 2. The third-order valence-corrected chi connectivity index (χ3v) is 4.30. The largest absolute Gasteiger partial charge is 0.469 e. The molecule has 1 unspecified atom stereocenters. The molecule has 0 spiro atoms. The molecular weight excluding hydrogens is 252 g/mol. The first-order chi connectivity index (χ1) is 8.25. The van der Waals surface area contributed by atoms with E-state index in [0.717, 1.165) is 16.9 Å². The van der Waals surface area contributed by atoms with Gasteiger partial charge in [-0.05, 0) is 35.4 Å². The average Bonchev–Trinajstić information content (AvgIpc) is 2.94. The lowest BCUT2D eigenvalue weighted by Gasteiger charge is -2.05. The van der Waals surface area contributed by atoms with Gasteiger partial charge in [0, 0.05) is 10.3 Å². The number of aryl methyl sites for hydroxylation is 1. The molecule has 17 heavy (non-hydrogen) atoms. The molecule has 0 bridgehead atoms. The van der Waals surface area contributed by atoms with E-state index < -0.39 is 0 Å². The van der Waals surface area contributed by atoms with Crippen LogP contribution in [0.4, 0.5) is 0 Å². The van der Waals surface area contributed by atoms with E-state index in [1.165, 1.54) is 10.1 Å². The van der Waals surface area contributed by atoms with Gasteiger partial charge >= 0.3 is 0 Å². The van der Waals surface area contributed by atoms with Crippen LogP contribution >= 0.6 is 22.9 Å². The molecule has 0 amide bonds. The van der Waals surface area contributed by atoms with Gasteiger partial charge in [0.2, 0.25) is 0 Å². The van der Waals surface area contributed by atoms with Gasteiger partial charge in [0.1, 0.15) is 5.76 Å². The van der Waals surface area contributed by atoms with Crippen LogP contribution < -0.4 is 0 Å². The smallest absolute Gasteiger partial charge is 0.101 e. The number of rotatable bonds is 2. The highest BCUT2D eigenvalue weighted by Gasteiger charge is 2.16. The van der Waals surface area contributed by atoms with Gasteiger partial charge in [-0.25, -0.2) is 0 Å². The van der Waals surface area contributed by atoms with Gasteiger partial charge in [-0.15, -0.1) is 22.9 Å². The summed E-state index contributed by atoms with van der Waals surface area (Å²) in [5, 5.41) is 3.23. The van der Waals surface area contributed by atoms with Crippen molar-refractivity contribution in [2.24, 2.45) is 0 Å². The molecule has 0 aliphatic rings. The molecule has 3 rings (SSSR count). The Bertz CT molecular complexity index is 653. The average molecular weight is 263 g/mol. The predicted molar refractivity (Wildman–Crippen MR) is 73.0 cm³/mol. The van der Waals surface area contributed by atoms with Gasteiger partial charge < -0.3 is 4.42 Å². The summed E-state index contributed by atoms with van der Waals surface area (Å²) in [6.45, 7) is 1.93. The fourth-order valence-corrected chi connectivity index (χ4v) is 3.33. The van der Waals surface area contributed by atoms with E-state index in [1.54, 1.807) is 17.6 Å². The normalized spacial score (nSPS) is 13.1. The molecule has 0 saturated heterocycles. The second kappa shape index (κ2) is 4.21. The summed E-state index contributed by atoms with van der Waals surface area (Å²) in [5.74, 6) is 0.894. The minimum atomic E-state index is -0.136. The van der Waals surface area contributed by atoms with Crippen LogP contribution in [0.25, 0.3) is 10.1 Å². The minimum Gasteiger partial charge on any atom is -0.469 e. The highest BCUT2D eigenvalue weighted by atomic mass is 35.5. The van der Waals surface area contributed by atoms with Crippen molar-refractivity contribution >= 4 is 33.0 Å². The molecule has 1 nitrogen and oxygen atoms in total. The first-order valence-corrected chi connectivity index (χ1v) is 6.72. The van der Waals surface area contributed by atoms with Crippen molar-refractivity contribution in [2.45, 2.75) is 12.3 Å². The van der Waals surface area contributed by atoms with Crippen LogP contribution in [0.15, 0.2) is 46.4 Å². The maximum Gasteiger partial charge on any atom is 0.101 e. The van der Waals surface area contributed by atoms with E-state index in [1.807, 2.05) is 25.1 Å². The highest BCUT2D eigenvalue weighted by molar-refractivity contribution is 7.17. The van der Waals surface area contributed by atoms with E-state index in [2.05, 4.69) is 17.5 Å². The van der Waals surface area contributed by atoms with Gasteiger partial charge in [0.15, 0.2) is 0 Å². The van der Waals surface area contributed by atoms with Gasteiger partial charge in [0.25, 0.3) is 0 Å².